The van der Waals surface area contributed by atoms with Crippen molar-refractivity contribution in [3.8, 4) is 0 Å². The van der Waals surface area contributed by atoms with Crippen LogP contribution in [0.2, 0.25) is 0 Å². The van der Waals surface area contributed by atoms with Gasteiger partial charge in [0.05, 0.1) is 38.6 Å². The van der Waals surface area contributed by atoms with Crippen molar-refractivity contribution in [2.75, 3.05) is 26.4 Å². The number of rotatable bonds is 50. The Balaban J connectivity index is 1.45. The molecule has 19 heteroatoms. The van der Waals surface area contributed by atoms with Gasteiger partial charge in [0.2, 0.25) is 5.91 Å². The van der Waals surface area contributed by atoms with E-state index in [2.05, 4.69) is 43.5 Å². The molecule has 0 aliphatic carbocycles. The first-order valence-corrected chi connectivity index (χ1v) is 33.1. The van der Waals surface area contributed by atoms with E-state index in [9.17, 15) is 61.0 Å². The Morgan fingerprint density at radius 2 is 0.795 bits per heavy atom. The molecule has 17 atom stereocenters. The Kier molecular flexibility index (Phi) is 43.0. The van der Waals surface area contributed by atoms with Crippen LogP contribution in [0.3, 0.4) is 0 Å². The molecular weight excluding hydrogens is 1070 g/mol. The van der Waals surface area contributed by atoms with Crippen molar-refractivity contribution in [1.82, 2.24) is 5.32 Å². The van der Waals surface area contributed by atoms with Gasteiger partial charge in [0, 0.05) is 6.42 Å². The number of amides is 1. The molecule has 488 valence electrons. The highest BCUT2D eigenvalue weighted by atomic mass is 16.8. The van der Waals surface area contributed by atoms with E-state index in [0.717, 1.165) is 70.6 Å². The van der Waals surface area contributed by atoms with Crippen LogP contribution in [0.25, 0.3) is 0 Å². The zero-order valence-electron chi connectivity index (χ0n) is 51.2. The molecule has 3 rings (SSSR count). The SMILES string of the molecule is CCCCC/C=C\C/C=C\CCCCCCCC(=O)NC(COC1OC(CO)C(OC2OC(CO)C(OC3OC(CO)C(O)C(O)C3O)C(O)C2O)C(O)C1O)C(O)CCCCCCCCCCCCCCCCCCCCCCCCC. The van der Waals surface area contributed by atoms with E-state index < -0.39 is 124 Å². The van der Waals surface area contributed by atoms with Crippen LogP contribution in [-0.4, -0.2) is 193 Å². The van der Waals surface area contributed by atoms with Gasteiger partial charge in [-0.2, -0.15) is 0 Å². The summed E-state index contributed by atoms with van der Waals surface area (Å²) < 4.78 is 34.4. The smallest absolute Gasteiger partial charge is 0.220 e. The van der Waals surface area contributed by atoms with Crippen molar-refractivity contribution < 1.29 is 89.4 Å². The normalized spacial score (nSPS) is 29.5. The number of ether oxygens (including phenoxy) is 6. The molecule has 0 radical (unpaired) electrons. The first kappa shape index (κ1) is 75.5. The molecule has 3 saturated heterocycles. The summed E-state index contributed by atoms with van der Waals surface area (Å²) in [6.07, 6.45) is 24.0. The summed E-state index contributed by atoms with van der Waals surface area (Å²) >= 11 is 0. The fourth-order valence-corrected chi connectivity index (χ4v) is 11.3. The maximum Gasteiger partial charge on any atom is 0.220 e. The minimum atomic E-state index is -1.97. The summed E-state index contributed by atoms with van der Waals surface area (Å²) in [4.78, 5) is 13.4. The second-order valence-corrected chi connectivity index (χ2v) is 23.9. The van der Waals surface area contributed by atoms with E-state index in [1.54, 1.807) is 0 Å². The number of carbonyl (C=O) groups excluding carboxylic acids is 1. The second-order valence-electron chi connectivity index (χ2n) is 23.9. The Labute approximate surface area is 498 Å². The Morgan fingerprint density at radius 3 is 1.25 bits per heavy atom. The van der Waals surface area contributed by atoms with Crippen molar-refractivity contribution in [1.29, 1.82) is 0 Å². The monoisotopic (exact) mass is 1190 g/mol. The van der Waals surface area contributed by atoms with Crippen molar-refractivity contribution in [3.63, 3.8) is 0 Å². The van der Waals surface area contributed by atoms with Crippen molar-refractivity contribution in [2.24, 2.45) is 0 Å². The average molecular weight is 1190 g/mol. The first-order chi connectivity index (χ1) is 40.3. The summed E-state index contributed by atoms with van der Waals surface area (Å²) in [5.41, 5.74) is 0. The highest BCUT2D eigenvalue weighted by Crippen LogP contribution is 2.33. The lowest BCUT2D eigenvalue weighted by Gasteiger charge is -2.48. The van der Waals surface area contributed by atoms with Gasteiger partial charge < -0.3 is 89.9 Å². The fraction of sp³-hybridized carbons (Fsp3) is 0.922. The van der Waals surface area contributed by atoms with E-state index in [0.29, 0.717) is 12.8 Å². The van der Waals surface area contributed by atoms with Crippen LogP contribution in [-0.2, 0) is 33.2 Å². The molecule has 0 aromatic heterocycles. The second kappa shape index (κ2) is 47.3. The first-order valence-electron chi connectivity index (χ1n) is 33.1. The third kappa shape index (κ3) is 30.4. The van der Waals surface area contributed by atoms with Crippen LogP contribution in [0.5, 0.6) is 0 Å². The van der Waals surface area contributed by atoms with Gasteiger partial charge in [-0.3, -0.25) is 4.79 Å². The van der Waals surface area contributed by atoms with Crippen molar-refractivity contribution in [2.45, 2.75) is 349 Å². The predicted octanol–water partition coefficient (Wildman–Crippen LogP) is 7.49. The van der Waals surface area contributed by atoms with E-state index in [-0.39, 0.29) is 18.9 Å². The standard InChI is InChI=1S/C64H119NO18/c1-3-5-7-9-11-13-15-17-19-20-21-22-23-24-25-26-28-29-31-33-35-37-39-41-48(69)47(65-52(70)42-40-38-36-34-32-30-27-18-16-14-12-10-8-6-4-2)46-78-62-58(76)55(73)60(50(44-67)80-62)83-64-59(77)56(74)61(51(45-68)81-64)82-63-57(75)54(72)53(71)49(43-66)79-63/h12,14,18,27,47-51,53-64,66-69,71-77H,3-11,13,15-17,19-26,28-46H2,1-2H3,(H,65,70)/b14-12-,27-18-. The molecule has 1 amide bonds. The summed E-state index contributed by atoms with van der Waals surface area (Å²) in [7, 11) is 0. The quantitative estimate of drug-likeness (QED) is 0.0207. The van der Waals surface area contributed by atoms with E-state index in [4.69, 9.17) is 28.4 Å². The molecule has 0 bridgehead atoms. The highest BCUT2D eigenvalue weighted by Gasteiger charge is 2.53. The van der Waals surface area contributed by atoms with Gasteiger partial charge in [-0.1, -0.05) is 218 Å². The molecule has 12 N–H and O–H groups in total. The number of hydrogen-bond acceptors (Lipinski definition) is 18. The van der Waals surface area contributed by atoms with E-state index in [1.807, 2.05) is 0 Å². The summed E-state index contributed by atoms with van der Waals surface area (Å²) in [6.45, 7) is 1.77. The summed E-state index contributed by atoms with van der Waals surface area (Å²) in [5.74, 6) is -0.255. The van der Waals surface area contributed by atoms with E-state index in [1.165, 1.54) is 141 Å². The van der Waals surface area contributed by atoms with Gasteiger partial charge in [0.1, 0.15) is 73.2 Å². The lowest BCUT2D eigenvalue weighted by atomic mass is 9.96. The molecule has 83 heavy (non-hydrogen) atoms. The van der Waals surface area contributed by atoms with Gasteiger partial charge in [-0.25, -0.2) is 0 Å². The molecule has 0 saturated carbocycles. The minimum Gasteiger partial charge on any atom is -0.394 e. The molecule has 17 unspecified atom stereocenters. The summed E-state index contributed by atoms with van der Waals surface area (Å²) in [5, 5.41) is 120. The molecule has 3 aliphatic heterocycles. The minimum absolute atomic E-state index is 0.252. The lowest BCUT2D eigenvalue weighted by molar-refractivity contribution is -0.379. The topological polar surface area (TPSA) is 307 Å². The van der Waals surface area contributed by atoms with Crippen molar-refractivity contribution in [3.05, 3.63) is 24.3 Å². The number of nitrogens with one attached hydrogen (secondary N) is 1. The molecule has 3 heterocycles. The highest BCUT2D eigenvalue weighted by molar-refractivity contribution is 5.76. The molecular formula is C64H119NO18. The molecule has 3 fully saturated rings. The predicted molar refractivity (Wildman–Crippen MR) is 319 cm³/mol. The molecule has 3 aliphatic rings. The number of allylic oxidation sites excluding steroid dienone is 4. The van der Waals surface area contributed by atoms with Crippen LogP contribution in [0.4, 0.5) is 0 Å². The Hall–Kier alpha value is -1.73. The lowest BCUT2D eigenvalue weighted by Crippen LogP contribution is -2.66. The number of carbonyl (C=O) groups is 1. The van der Waals surface area contributed by atoms with E-state index >= 15 is 0 Å². The largest absolute Gasteiger partial charge is 0.394 e. The maximum absolute atomic E-state index is 13.4. The third-order valence-electron chi connectivity index (χ3n) is 16.8. The van der Waals surface area contributed by atoms with Crippen LogP contribution in [0.15, 0.2) is 24.3 Å². The fourth-order valence-electron chi connectivity index (χ4n) is 11.3. The van der Waals surface area contributed by atoms with Crippen LogP contribution < -0.4 is 5.32 Å². The third-order valence-corrected chi connectivity index (χ3v) is 16.8. The van der Waals surface area contributed by atoms with Gasteiger partial charge in [0.15, 0.2) is 18.9 Å². The number of aliphatic hydroxyl groups excluding tert-OH is 11. The molecule has 0 spiro atoms. The van der Waals surface area contributed by atoms with Crippen LogP contribution >= 0.6 is 0 Å². The summed E-state index contributed by atoms with van der Waals surface area (Å²) in [6, 6.07) is -0.893. The Bertz CT molecular complexity index is 1610. The van der Waals surface area contributed by atoms with Crippen molar-refractivity contribution >= 4 is 5.91 Å². The van der Waals surface area contributed by atoms with Crippen LogP contribution in [0.1, 0.15) is 245 Å². The number of aliphatic hydroxyl groups is 11. The van der Waals surface area contributed by atoms with Gasteiger partial charge in [0.25, 0.3) is 0 Å². The Morgan fingerprint density at radius 1 is 0.434 bits per heavy atom. The zero-order valence-corrected chi connectivity index (χ0v) is 51.2. The molecule has 0 aromatic carbocycles. The average Bonchev–Trinajstić information content (AvgIpc) is 3.15. The van der Waals surface area contributed by atoms with Gasteiger partial charge >= 0.3 is 0 Å². The van der Waals surface area contributed by atoms with Gasteiger partial charge in [-0.05, 0) is 44.9 Å². The van der Waals surface area contributed by atoms with Gasteiger partial charge in [-0.15, -0.1) is 0 Å². The number of unbranched alkanes of at least 4 members (excludes halogenated alkanes) is 30. The van der Waals surface area contributed by atoms with Crippen LogP contribution in [0, 0.1) is 0 Å². The molecule has 19 nitrogen and oxygen atoms in total. The number of hydrogen-bond donors (Lipinski definition) is 12. The molecule has 0 aromatic rings. The zero-order chi connectivity index (χ0) is 60.5. The maximum atomic E-state index is 13.4.